The molecule has 5 nitrogen and oxygen atoms in total. The van der Waals surface area contributed by atoms with Crippen LogP contribution in [0.1, 0.15) is 47.2 Å². The average Bonchev–Trinajstić information content (AvgIpc) is 3.24. The molecule has 2 heterocycles. The Bertz CT molecular complexity index is 1310. The predicted octanol–water partition coefficient (Wildman–Crippen LogP) is 5.63. The van der Waals surface area contributed by atoms with Crippen LogP contribution in [0.2, 0.25) is 0 Å². The van der Waals surface area contributed by atoms with Crippen molar-refractivity contribution in [2.24, 2.45) is 4.99 Å². The maximum Gasteiger partial charge on any atom is 0.358 e. The van der Waals surface area contributed by atoms with Gasteiger partial charge in [0.05, 0.1) is 29.7 Å². The summed E-state index contributed by atoms with van der Waals surface area (Å²) < 4.78 is 7.23. The summed E-state index contributed by atoms with van der Waals surface area (Å²) in [6.07, 6.45) is 1.70. The van der Waals surface area contributed by atoms with Crippen molar-refractivity contribution in [3.63, 3.8) is 0 Å². The first-order chi connectivity index (χ1) is 15.7. The summed E-state index contributed by atoms with van der Waals surface area (Å²) in [5, 5.41) is 0. The predicted molar refractivity (Wildman–Crippen MR) is 125 cm³/mol. The number of ether oxygens (including phenoxy) is 1. The van der Waals surface area contributed by atoms with Crippen LogP contribution in [-0.4, -0.2) is 27.8 Å². The minimum Gasteiger partial charge on any atom is -0.461 e. The summed E-state index contributed by atoms with van der Waals surface area (Å²) in [6.45, 7) is 4.08. The third-order valence-electron chi connectivity index (χ3n) is 5.66. The van der Waals surface area contributed by atoms with Gasteiger partial charge in [-0.05, 0) is 37.1 Å². The molecule has 3 aromatic carbocycles. The van der Waals surface area contributed by atoms with Crippen LogP contribution in [0.25, 0.3) is 16.8 Å². The summed E-state index contributed by atoms with van der Waals surface area (Å²) in [5.74, 6) is -0.422. The first kappa shape index (κ1) is 19.9. The zero-order valence-corrected chi connectivity index (χ0v) is 18.0. The molecule has 0 saturated heterocycles. The summed E-state index contributed by atoms with van der Waals surface area (Å²) in [7, 11) is 0. The summed E-state index contributed by atoms with van der Waals surface area (Å²) in [6, 6.07) is 26.5. The molecule has 5 heteroatoms. The molecule has 0 fully saturated rings. The largest absolute Gasteiger partial charge is 0.461 e. The van der Waals surface area contributed by atoms with Crippen LogP contribution in [0, 0.1) is 0 Å². The number of fused-ring (bicyclic) bond motifs is 3. The summed E-state index contributed by atoms with van der Waals surface area (Å²) in [5.41, 5.74) is 7.16. The first-order valence-corrected chi connectivity index (χ1v) is 10.7. The van der Waals surface area contributed by atoms with E-state index in [1.54, 1.807) is 13.3 Å². The lowest BCUT2D eigenvalue weighted by Gasteiger charge is -2.14. The van der Waals surface area contributed by atoms with Gasteiger partial charge in [0.2, 0.25) is 0 Å². The van der Waals surface area contributed by atoms with Gasteiger partial charge in [-0.25, -0.2) is 9.78 Å². The van der Waals surface area contributed by atoms with Gasteiger partial charge < -0.3 is 4.74 Å². The number of hydrogen-bond donors (Lipinski definition) is 0. The smallest absolute Gasteiger partial charge is 0.358 e. The van der Waals surface area contributed by atoms with Crippen molar-refractivity contribution < 1.29 is 9.53 Å². The van der Waals surface area contributed by atoms with Gasteiger partial charge in [-0.1, -0.05) is 66.7 Å². The highest BCUT2D eigenvalue weighted by Crippen LogP contribution is 2.34. The fraction of sp³-hybridized carbons (Fsp3) is 0.148. The molecule has 0 N–H and O–H groups in total. The van der Waals surface area contributed by atoms with Crippen molar-refractivity contribution in [3.8, 4) is 16.8 Å². The van der Waals surface area contributed by atoms with Crippen LogP contribution in [0.3, 0.4) is 0 Å². The number of aliphatic imine (C=N–C) groups is 1. The quantitative estimate of drug-likeness (QED) is 0.401. The normalized spacial score (nSPS) is 14.7. The van der Waals surface area contributed by atoms with E-state index < -0.39 is 5.97 Å². The maximum atomic E-state index is 12.6. The standard InChI is InChI=1S/C27H23N3O2/c1-3-32-27(31)25-26-18(2)29-24(20-12-8-5-9-13-20)22-16-21(19-10-6-4-7-11-19)14-15-23(22)30(26)17-28-25/h4-18H,3H2,1-2H3/t18-/m0/s1. The van der Waals surface area contributed by atoms with Gasteiger partial charge in [0.25, 0.3) is 0 Å². The Balaban J connectivity index is 1.76. The molecule has 0 radical (unpaired) electrons. The summed E-state index contributed by atoms with van der Waals surface area (Å²) in [4.78, 5) is 22.1. The van der Waals surface area contributed by atoms with Gasteiger partial charge in [0.1, 0.15) is 6.33 Å². The second-order valence-electron chi connectivity index (χ2n) is 7.69. The number of aromatic nitrogens is 2. The van der Waals surface area contributed by atoms with Gasteiger partial charge in [-0.2, -0.15) is 0 Å². The van der Waals surface area contributed by atoms with E-state index in [4.69, 9.17) is 9.73 Å². The molecule has 0 amide bonds. The van der Waals surface area contributed by atoms with E-state index in [1.165, 1.54) is 0 Å². The number of rotatable bonds is 4. The van der Waals surface area contributed by atoms with E-state index in [-0.39, 0.29) is 6.04 Å². The molecule has 158 valence electrons. The van der Waals surface area contributed by atoms with E-state index in [9.17, 15) is 4.79 Å². The number of esters is 1. The number of imidazole rings is 1. The Labute approximate surface area is 187 Å². The molecule has 0 unspecified atom stereocenters. The SMILES string of the molecule is CCOC(=O)c1ncn2c1[C@H](C)N=C(c1ccccc1)c1cc(-c3ccccc3)ccc1-2. The van der Waals surface area contributed by atoms with Crippen LogP contribution in [0.15, 0.2) is 90.2 Å². The average molecular weight is 422 g/mol. The molecule has 1 aromatic heterocycles. The molecule has 32 heavy (non-hydrogen) atoms. The third-order valence-corrected chi connectivity index (χ3v) is 5.66. The Morgan fingerprint density at radius 3 is 2.31 bits per heavy atom. The minimum absolute atomic E-state index is 0.278. The van der Waals surface area contributed by atoms with E-state index in [0.717, 1.165) is 39.3 Å². The molecule has 4 aromatic rings. The number of nitrogens with zero attached hydrogens (tertiary/aromatic N) is 3. The van der Waals surface area contributed by atoms with Gasteiger partial charge in [-0.3, -0.25) is 9.56 Å². The minimum atomic E-state index is -0.422. The van der Waals surface area contributed by atoms with Crippen LogP contribution in [-0.2, 0) is 4.74 Å². The Morgan fingerprint density at radius 1 is 0.938 bits per heavy atom. The second-order valence-corrected chi connectivity index (χ2v) is 7.69. The molecule has 0 saturated carbocycles. The molecule has 0 bridgehead atoms. The molecule has 0 spiro atoms. The topological polar surface area (TPSA) is 56.5 Å². The van der Waals surface area contributed by atoms with Gasteiger partial charge in [0, 0.05) is 11.1 Å². The lowest BCUT2D eigenvalue weighted by molar-refractivity contribution is 0.0518. The van der Waals surface area contributed by atoms with Crippen LogP contribution < -0.4 is 0 Å². The van der Waals surface area contributed by atoms with Crippen molar-refractivity contribution in [1.82, 2.24) is 9.55 Å². The number of carbonyl (C=O) groups is 1. The number of hydrogen-bond acceptors (Lipinski definition) is 4. The van der Waals surface area contributed by atoms with E-state index >= 15 is 0 Å². The molecule has 1 atom stereocenters. The Kier molecular flexibility index (Phi) is 5.15. The van der Waals surface area contributed by atoms with Crippen LogP contribution in [0.4, 0.5) is 0 Å². The highest BCUT2D eigenvalue weighted by atomic mass is 16.5. The monoisotopic (exact) mass is 421 g/mol. The fourth-order valence-corrected chi connectivity index (χ4v) is 4.20. The first-order valence-electron chi connectivity index (χ1n) is 10.7. The van der Waals surface area contributed by atoms with Gasteiger partial charge in [-0.15, -0.1) is 0 Å². The lowest BCUT2D eigenvalue weighted by atomic mass is 9.96. The van der Waals surface area contributed by atoms with Gasteiger partial charge in [0.15, 0.2) is 5.69 Å². The van der Waals surface area contributed by atoms with E-state index in [2.05, 4.69) is 47.4 Å². The number of carbonyl (C=O) groups excluding carboxylic acids is 1. The fourth-order valence-electron chi connectivity index (χ4n) is 4.20. The van der Waals surface area contributed by atoms with Crippen molar-refractivity contribution in [3.05, 3.63) is 108 Å². The zero-order chi connectivity index (χ0) is 22.1. The molecule has 1 aliphatic heterocycles. The van der Waals surface area contributed by atoms with Crippen molar-refractivity contribution in [2.45, 2.75) is 19.9 Å². The highest BCUT2D eigenvalue weighted by Gasteiger charge is 2.29. The van der Waals surface area contributed by atoms with Crippen molar-refractivity contribution >= 4 is 11.7 Å². The van der Waals surface area contributed by atoms with Gasteiger partial charge >= 0.3 is 5.97 Å². The third kappa shape index (κ3) is 3.42. The number of benzene rings is 3. The van der Waals surface area contributed by atoms with E-state index in [1.807, 2.05) is 47.9 Å². The zero-order valence-electron chi connectivity index (χ0n) is 18.0. The van der Waals surface area contributed by atoms with Crippen molar-refractivity contribution in [1.29, 1.82) is 0 Å². The van der Waals surface area contributed by atoms with E-state index in [0.29, 0.717) is 12.3 Å². The molecule has 0 aliphatic carbocycles. The Morgan fingerprint density at radius 2 is 1.62 bits per heavy atom. The lowest BCUT2D eigenvalue weighted by Crippen LogP contribution is -2.11. The molecular formula is C27H23N3O2. The van der Waals surface area contributed by atoms with Crippen LogP contribution in [0.5, 0.6) is 0 Å². The molecule has 5 rings (SSSR count). The Hall–Kier alpha value is -3.99. The maximum absolute atomic E-state index is 12.6. The summed E-state index contributed by atoms with van der Waals surface area (Å²) >= 11 is 0. The highest BCUT2D eigenvalue weighted by molar-refractivity contribution is 6.16. The second kappa shape index (κ2) is 8.27. The van der Waals surface area contributed by atoms with Crippen LogP contribution >= 0.6 is 0 Å². The van der Waals surface area contributed by atoms with Crippen molar-refractivity contribution in [2.75, 3.05) is 6.61 Å². The molecule has 1 aliphatic rings. The molecular weight excluding hydrogens is 398 g/mol.